The molecule has 0 radical (unpaired) electrons. The van der Waals surface area contributed by atoms with Crippen LogP contribution in [-0.2, 0) is 38.2 Å². The Bertz CT molecular complexity index is 3150. The lowest BCUT2D eigenvalue weighted by Gasteiger charge is -2.45. The van der Waals surface area contributed by atoms with Crippen molar-refractivity contribution in [2.45, 2.75) is 189 Å². The Labute approximate surface area is 568 Å². The van der Waals surface area contributed by atoms with Crippen LogP contribution in [-0.4, -0.2) is 202 Å². The number of aromatic nitrogens is 3. The van der Waals surface area contributed by atoms with Gasteiger partial charge in [-0.2, -0.15) is 0 Å². The number of piperidine rings is 6. The van der Waals surface area contributed by atoms with E-state index in [2.05, 4.69) is 103 Å². The average molecular weight is 1340 g/mol. The zero-order valence-corrected chi connectivity index (χ0v) is 59.7. The first-order chi connectivity index (χ1) is 45.1. The van der Waals surface area contributed by atoms with Crippen LogP contribution in [0.1, 0.15) is 156 Å². The van der Waals surface area contributed by atoms with Crippen molar-refractivity contribution >= 4 is 82.2 Å². The molecule has 3 aromatic heterocycles. The topological polar surface area (TPSA) is 328 Å². The first-order valence-electron chi connectivity index (χ1n) is 34.3. The van der Waals surface area contributed by atoms with Gasteiger partial charge in [0, 0.05) is 50.8 Å². The van der Waals surface area contributed by atoms with E-state index in [1.165, 1.54) is 70.0 Å². The minimum atomic E-state index is -1.59. The molecule has 0 saturated carbocycles. The number of nitrogen functional groups attached to an aromatic ring is 1. The smallest absolute Gasteiger partial charge is 0.413 e. The molecule has 3 unspecified atom stereocenters. The van der Waals surface area contributed by atoms with E-state index in [1.807, 2.05) is 11.8 Å². The van der Waals surface area contributed by atoms with Gasteiger partial charge in [-0.25, -0.2) is 29.3 Å². The molecule has 6 fully saturated rings. The number of likely N-dealkylation sites (tertiary alicyclic amines) is 5. The molecule has 9 heterocycles. The molecule has 9 rings (SSSR count). The van der Waals surface area contributed by atoms with Gasteiger partial charge in [-0.3, -0.25) is 34.6 Å². The van der Waals surface area contributed by atoms with E-state index in [1.54, 1.807) is 72.4 Å². The van der Waals surface area contributed by atoms with Crippen LogP contribution in [0.25, 0.3) is 0 Å². The van der Waals surface area contributed by atoms with Gasteiger partial charge < -0.3 is 66.1 Å². The molecule has 6 aliphatic heterocycles. The lowest BCUT2D eigenvalue weighted by Crippen LogP contribution is -2.55. The van der Waals surface area contributed by atoms with Crippen molar-refractivity contribution in [2.75, 3.05) is 112 Å². The number of anilines is 6. The highest BCUT2D eigenvalue weighted by Gasteiger charge is 2.41. The Kier molecular flexibility index (Phi) is 28.7. The van der Waals surface area contributed by atoms with Crippen LogP contribution in [0.5, 0.6) is 0 Å². The van der Waals surface area contributed by atoms with Crippen LogP contribution >= 0.6 is 0 Å². The number of aliphatic carboxylic acids is 1. The molecule has 96 heavy (non-hydrogen) atoms. The van der Waals surface area contributed by atoms with Crippen molar-refractivity contribution in [2.24, 2.45) is 35.5 Å². The van der Waals surface area contributed by atoms with Crippen LogP contribution in [0.15, 0.2) is 36.8 Å². The van der Waals surface area contributed by atoms with E-state index >= 15 is 0 Å². The van der Waals surface area contributed by atoms with Gasteiger partial charge in [0.25, 0.3) is 0 Å². The standard InChI is InChI=1S/C25H39N5O4.C20H31N5O2.C13H17N3O5.C12H24N2/c1-16-9-10-20(18-8-7-11-29(6)15-18)30(14-16)23(32)22(31)27-19-12-17(2)21(26-13-19)28-24(33)34-25(3,4)5;1-13-6-7-17(15-5-4-8-24(3)12-15)25(11-13)20(27)19(26)23-16-9-14(2)18(21)22-10-16;1-7-5-8(15-10(17)11(18)19)6-14-9(7)16-12(20)21-13(2,3)4;1-10-5-6-12(13-8-10)11-4-3-7-14(2)9-11/h12-13,16,18,20H,7-11,14-15H2,1-6H3,(H,27,31)(H,26,28,33);9-10,13,15,17H,4-8,11-12H2,1-3H3,(H2,21,22)(H,23,26);5-6H,1-4H3,(H,15,17)(H,18,19)(H,14,16,20);10-13H,3-9H2,1-2H3/t16-,18?,20+;13-,15?,17+;;10-,11?,12+/m00.0/s1. The number of nitrogens with one attached hydrogen (secondary N) is 6. The fourth-order valence-corrected chi connectivity index (χ4v) is 13.6. The molecule has 0 aliphatic carbocycles. The third-order valence-corrected chi connectivity index (χ3v) is 18.5. The molecule has 7 amide bonds. The lowest BCUT2D eigenvalue weighted by atomic mass is 9.82. The summed E-state index contributed by atoms with van der Waals surface area (Å²) in [5.41, 5.74) is 7.55. The predicted molar refractivity (Wildman–Crippen MR) is 373 cm³/mol. The number of pyridine rings is 3. The molecule has 6 saturated heterocycles. The summed E-state index contributed by atoms with van der Waals surface area (Å²) in [5, 5.41) is 24.8. The first kappa shape index (κ1) is 77.5. The average Bonchev–Trinajstić information content (AvgIpc) is 0.821. The lowest BCUT2D eigenvalue weighted by molar-refractivity contribution is -0.148. The molecule has 9 N–H and O–H groups in total. The van der Waals surface area contributed by atoms with Gasteiger partial charge in [-0.05, 0) is 257 Å². The minimum Gasteiger partial charge on any atom is -0.474 e. The van der Waals surface area contributed by atoms with Crippen LogP contribution in [0, 0.1) is 56.3 Å². The number of carboxylic acid groups (broad SMARTS) is 1. The van der Waals surface area contributed by atoms with Gasteiger partial charge in [-0.1, -0.05) is 20.8 Å². The van der Waals surface area contributed by atoms with Gasteiger partial charge >= 0.3 is 47.7 Å². The highest BCUT2D eigenvalue weighted by molar-refractivity contribution is 6.40. The van der Waals surface area contributed by atoms with Crippen molar-refractivity contribution in [1.82, 2.24) is 44.8 Å². The van der Waals surface area contributed by atoms with Crippen molar-refractivity contribution < 1.29 is 52.9 Å². The van der Waals surface area contributed by atoms with Crippen LogP contribution < -0.4 is 37.6 Å². The molecule has 0 spiro atoms. The number of hydrogen-bond acceptors (Lipinski definition) is 18. The fourth-order valence-electron chi connectivity index (χ4n) is 13.6. The van der Waals surface area contributed by atoms with E-state index in [9.17, 15) is 38.4 Å². The van der Waals surface area contributed by atoms with Crippen molar-refractivity contribution in [3.63, 3.8) is 0 Å². The second kappa shape index (κ2) is 35.6. The van der Waals surface area contributed by atoms with Crippen LogP contribution in [0.3, 0.4) is 0 Å². The van der Waals surface area contributed by atoms with Gasteiger partial charge in [-0.15, -0.1) is 0 Å². The number of carbonyl (C=O) groups is 8. The third kappa shape index (κ3) is 24.8. The Morgan fingerprint density at radius 3 is 1.24 bits per heavy atom. The Morgan fingerprint density at radius 1 is 0.500 bits per heavy atom. The molecule has 3 aromatic rings. The van der Waals surface area contributed by atoms with Crippen LogP contribution in [0.4, 0.5) is 44.1 Å². The quantitative estimate of drug-likeness (QED) is 0.0975. The van der Waals surface area contributed by atoms with E-state index in [-0.39, 0.29) is 23.6 Å². The maximum Gasteiger partial charge on any atom is 0.413 e. The molecule has 0 bridgehead atoms. The third-order valence-electron chi connectivity index (χ3n) is 18.5. The van der Waals surface area contributed by atoms with Crippen molar-refractivity contribution in [1.29, 1.82) is 0 Å². The normalized spacial score (nSPS) is 24.3. The zero-order chi connectivity index (χ0) is 70.8. The van der Waals surface area contributed by atoms with E-state index < -0.39 is 58.9 Å². The number of carboxylic acids is 1. The minimum absolute atomic E-state index is 0.0949. The molecular formula is C70H111N15O11. The molecule has 9 atom stereocenters. The monoisotopic (exact) mass is 1340 g/mol. The number of nitrogens with two attached hydrogens (primary N) is 1. The summed E-state index contributed by atoms with van der Waals surface area (Å²) in [6, 6.07) is 5.96. The van der Waals surface area contributed by atoms with E-state index in [0.29, 0.717) is 70.9 Å². The summed E-state index contributed by atoms with van der Waals surface area (Å²) in [5.74, 6) is -0.474. The van der Waals surface area contributed by atoms with Gasteiger partial charge in [0.1, 0.15) is 28.7 Å². The number of amides is 7. The molecule has 26 nitrogen and oxygen atoms in total. The number of rotatable bonds is 8. The Morgan fingerprint density at radius 2 is 0.875 bits per heavy atom. The van der Waals surface area contributed by atoms with E-state index in [4.69, 9.17) is 20.3 Å². The molecule has 26 heteroatoms. The summed E-state index contributed by atoms with van der Waals surface area (Å²) in [7, 11) is 6.51. The Hall–Kier alpha value is -7.55. The van der Waals surface area contributed by atoms with Gasteiger partial charge in [0.05, 0.1) is 35.7 Å². The fraction of sp³-hybridized carbons (Fsp3) is 0.671. The summed E-state index contributed by atoms with van der Waals surface area (Å²) >= 11 is 0. The summed E-state index contributed by atoms with van der Waals surface area (Å²) in [6.45, 7) is 31.7. The molecule has 6 aliphatic rings. The maximum absolute atomic E-state index is 13.2. The van der Waals surface area contributed by atoms with Crippen molar-refractivity contribution in [3.8, 4) is 0 Å². The summed E-state index contributed by atoms with van der Waals surface area (Å²) in [6.07, 6.45) is 17.1. The number of ether oxygens (including phenoxy) is 2. The maximum atomic E-state index is 13.2. The SMILES string of the molecule is C[C@H]1CC[C@H](C2CCCN(C)C2)NC1.Cc1cc(NC(=O)C(=O)N2C[C@@H](C)CC[C@@H]2C2CCCN(C)C2)cnc1N.Cc1cc(NC(=O)C(=O)N2C[C@@H](C)CC[C@@H]2C2CCCN(C)C2)cnc1NC(=O)OC(C)(C)C.Cc1cc(NC(=O)C(=O)O)cnc1NC(=O)OC(C)(C)C. The number of carbonyl (C=O) groups excluding carboxylic acids is 7. The second-order valence-corrected chi connectivity index (χ2v) is 29.7. The number of aryl methyl sites for hydroxylation is 3. The largest absolute Gasteiger partial charge is 0.474 e. The zero-order valence-electron chi connectivity index (χ0n) is 59.7. The second-order valence-electron chi connectivity index (χ2n) is 29.7. The number of nitrogens with zero attached hydrogens (tertiary/aromatic N) is 8. The molecule has 532 valence electrons. The Balaban J connectivity index is 0.000000211. The van der Waals surface area contributed by atoms with E-state index in [0.717, 1.165) is 101 Å². The summed E-state index contributed by atoms with van der Waals surface area (Å²) in [4.78, 5) is 120. The highest BCUT2D eigenvalue weighted by Crippen LogP contribution is 2.34. The predicted octanol–water partition coefficient (Wildman–Crippen LogP) is 9.00. The van der Waals surface area contributed by atoms with Gasteiger partial charge in [0.2, 0.25) is 0 Å². The van der Waals surface area contributed by atoms with Gasteiger partial charge in [0.15, 0.2) is 0 Å². The highest BCUT2D eigenvalue weighted by atomic mass is 16.6. The van der Waals surface area contributed by atoms with Crippen LogP contribution in [0.2, 0.25) is 0 Å². The molecular weight excluding hydrogens is 1230 g/mol. The number of hydrogen-bond donors (Lipinski definition) is 8. The van der Waals surface area contributed by atoms with Crippen molar-refractivity contribution in [3.05, 3.63) is 53.5 Å². The first-order valence-corrected chi connectivity index (χ1v) is 34.3. The molecule has 0 aromatic carbocycles. The summed E-state index contributed by atoms with van der Waals surface area (Å²) < 4.78 is 10.3.